The van der Waals surface area contributed by atoms with Crippen molar-refractivity contribution in [3.05, 3.63) is 78.8 Å². The van der Waals surface area contributed by atoms with Crippen LogP contribution in [0.2, 0.25) is 0 Å². The fraction of sp³-hybridized carbons (Fsp3) is 0.0526. The second kappa shape index (κ2) is 6.61. The summed E-state index contributed by atoms with van der Waals surface area (Å²) in [6.07, 6.45) is 2.73. The lowest BCUT2D eigenvalue weighted by Gasteiger charge is -2.06. The minimum Gasteiger partial charge on any atom is -0.471 e. The molecule has 4 aromatic rings. The maximum absolute atomic E-state index is 12.9. The monoisotopic (exact) mass is 365 g/mol. The van der Waals surface area contributed by atoms with E-state index in [1.165, 1.54) is 12.5 Å². The molecule has 0 spiro atoms. The molecule has 0 bridgehead atoms. The Labute approximate surface area is 150 Å². The molecule has 0 amide bonds. The van der Waals surface area contributed by atoms with Crippen LogP contribution >= 0.6 is 0 Å². The van der Waals surface area contributed by atoms with Crippen LogP contribution in [0.1, 0.15) is 5.56 Å². The summed E-state index contributed by atoms with van der Waals surface area (Å²) >= 11 is 0. The average Bonchev–Trinajstić information content (AvgIpc) is 3.13. The second-order valence-corrected chi connectivity index (χ2v) is 7.56. The number of aromatic nitrogens is 3. The largest absolute Gasteiger partial charge is 0.471 e. The van der Waals surface area contributed by atoms with Crippen molar-refractivity contribution in [1.82, 2.24) is 15.0 Å². The number of benzene rings is 2. The maximum atomic E-state index is 12.9. The fourth-order valence-corrected chi connectivity index (χ4v) is 4.05. The molecule has 2 aromatic heterocycles. The van der Waals surface area contributed by atoms with Gasteiger partial charge in [0.1, 0.15) is 28.9 Å². The number of hydrogen-bond acceptors (Lipinski definition) is 5. The summed E-state index contributed by atoms with van der Waals surface area (Å²) in [5.74, 6) is 0.313. The molecule has 0 radical (unpaired) electrons. The average molecular weight is 365 g/mol. The Hall–Kier alpha value is -3.19. The Morgan fingerprint density at radius 2 is 1.62 bits per heavy atom. The van der Waals surface area contributed by atoms with E-state index < -0.39 is 9.84 Å². The van der Waals surface area contributed by atoms with Gasteiger partial charge < -0.3 is 9.72 Å². The molecular formula is C19H15N3O3S. The Kier molecular flexibility index (Phi) is 4.14. The molecule has 0 unspecified atom stereocenters. The van der Waals surface area contributed by atoms with Crippen molar-refractivity contribution in [1.29, 1.82) is 0 Å². The van der Waals surface area contributed by atoms with Crippen LogP contribution in [0.15, 0.2) is 83.0 Å². The van der Waals surface area contributed by atoms with Crippen LogP contribution in [0.4, 0.5) is 0 Å². The Bertz CT molecular complexity index is 1140. The van der Waals surface area contributed by atoms with E-state index in [1.807, 2.05) is 30.3 Å². The molecule has 130 valence electrons. The zero-order valence-electron chi connectivity index (χ0n) is 13.7. The molecule has 2 heterocycles. The third kappa shape index (κ3) is 2.93. The van der Waals surface area contributed by atoms with Gasteiger partial charge in [-0.05, 0) is 17.7 Å². The third-order valence-corrected chi connectivity index (χ3v) is 5.74. The summed E-state index contributed by atoms with van der Waals surface area (Å²) in [4.78, 5) is 11.5. The van der Waals surface area contributed by atoms with Crippen LogP contribution in [0, 0.1) is 0 Å². The van der Waals surface area contributed by atoms with E-state index in [1.54, 1.807) is 30.3 Å². The number of nitrogens with zero attached hydrogens (tertiary/aromatic N) is 2. The molecule has 2 aromatic carbocycles. The Balaban J connectivity index is 1.72. The van der Waals surface area contributed by atoms with Crippen molar-refractivity contribution in [3.8, 4) is 5.88 Å². The summed E-state index contributed by atoms with van der Waals surface area (Å²) in [5, 5.41) is 0. The smallest absolute Gasteiger partial charge is 0.241 e. The van der Waals surface area contributed by atoms with E-state index in [0.717, 1.165) is 5.56 Å². The van der Waals surface area contributed by atoms with Crippen molar-refractivity contribution in [2.75, 3.05) is 0 Å². The van der Waals surface area contributed by atoms with E-state index >= 15 is 0 Å². The predicted molar refractivity (Wildman–Crippen MR) is 96.6 cm³/mol. The summed E-state index contributed by atoms with van der Waals surface area (Å²) in [6, 6.07) is 17.9. The highest BCUT2D eigenvalue weighted by Crippen LogP contribution is 2.30. The van der Waals surface area contributed by atoms with Crippen LogP contribution in [0.5, 0.6) is 5.88 Å². The van der Waals surface area contributed by atoms with E-state index in [9.17, 15) is 8.42 Å². The first-order valence-corrected chi connectivity index (χ1v) is 9.43. The third-order valence-electron chi connectivity index (χ3n) is 3.95. The first-order chi connectivity index (χ1) is 12.7. The molecule has 0 aliphatic rings. The standard InChI is InChI=1S/C19H15N3O3S/c23-26(24,15-9-5-2-6-10-15)16-11-20-18-17(16)21-13-22-19(18)25-12-14-7-3-1-4-8-14/h1-11,13,20H,12H2. The molecule has 7 heteroatoms. The molecule has 0 fully saturated rings. The topological polar surface area (TPSA) is 84.9 Å². The van der Waals surface area contributed by atoms with Crippen LogP contribution in [0.3, 0.4) is 0 Å². The second-order valence-electron chi connectivity index (χ2n) is 5.65. The van der Waals surface area contributed by atoms with Gasteiger partial charge in [0, 0.05) is 6.20 Å². The van der Waals surface area contributed by atoms with Gasteiger partial charge in [0.05, 0.1) is 4.90 Å². The first kappa shape index (κ1) is 16.3. The maximum Gasteiger partial charge on any atom is 0.241 e. The lowest BCUT2D eigenvalue weighted by molar-refractivity contribution is 0.297. The molecular weight excluding hydrogens is 350 g/mol. The predicted octanol–water partition coefficient (Wildman–Crippen LogP) is 3.37. The summed E-state index contributed by atoms with van der Waals surface area (Å²) in [5.41, 5.74) is 1.76. The number of hydrogen-bond donors (Lipinski definition) is 1. The SMILES string of the molecule is O=S(=O)(c1ccccc1)c1c[nH]c2c(OCc3ccccc3)ncnc12. The quantitative estimate of drug-likeness (QED) is 0.586. The fourth-order valence-electron chi connectivity index (χ4n) is 2.66. The van der Waals surface area contributed by atoms with Gasteiger partial charge >= 0.3 is 0 Å². The highest BCUT2D eigenvalue weighted by molar-refractivity contribution is 7.91. The molecule has 4 rings (SSSR count). The van der Waals surface area contributed by atoms with Crippen molar-refractivity contribution in [2.24, 2.45) is 0 Å². The van der Waals surface area contributed by atoms with Crippen molar-refractivity contribution >= 4 is 20.9 Å². The lowest BCUT2D eigenvalue weighted by atomic mass is 10.2. The van der Waals surface area contributed by atoms with E-state index in [-0.39, 0.29) is 9.79 Å². The normalized spacial score (nSPS) is 11.5. The van der Waals surface area contributed by atoms with Crippen LogP contribution in [-0.4, -0.2) is 23.4 Å². The minimum atomic E-state index is -3.68. The molecule has 6 nitrogen and oxygen atoms in total. The van der Waals surface area contributed by atoms with Crippen LogP contribution < -0.4 is 4.74 Å². The van der Waals surface area contributed by atoms with Gasteiger partial charge in [-0.3, -0.25) is 0 Å². The molecule has 26 heavy (non-hydrogen) atoms. The highest BCUT2D eigenvalue weighted by Gasteiger charge is 2.24. The summed E-state index contributed by atoms with van der Waals surface area (Å²) < 4.78 is 31.5. The zero-order valence-corrected chi connectivity index (χ0v) is 14.5. The number of sulfone groups is 1. The summed E-state index contributed by atoms with van der Waals surface area (Å²) in [7, 11) is -3.68. The van der Waals surface area contributed by atoms with Gasteiger partial charge in [-0.2, -0.15) is 4.98 Å². The van der Waals surface area contributed by atoms with Gasteiger partial charge in [0.25, 0.3) is 0 Å². The molecule has 0 atom stereocenters. The van der Waals surface area contributed by atoms with Gasteiger partial charge in [-0.15, -0.1) is 0 Å². The van der Waals surface area contributed by atoms with Crippen LogP contribution in [-0.2, 0) is 16.4 Å². The molecule has 0 aliphatic heterocycles. The van der Waals surface area contributed by atoms with Gasteiger partial charge in [-0.25, -0.2) is 13.4 Å². The molecule has 1 N–H and O–H groups in total. The number of ether oxygens (including phenoxy) is 1. The van der Waals surface area contributed by atoms with Gasteiger partial charge in [0.2, 0.25) is 15.7 Å². The molecule has 0 saturated carbocycles. The highest BCUT2D eigenvalue weighted by atomic mass is 32.2. The van der Waals surface area contributed by atoms with Gasteiger partial charge in [0.15, 0.2) is 0 Å². The van der Waals surface area contributed by atoms with E-state index in [4.69, 9.17) is 4.74 Å². The van der Waals surface area contributed by atoms with E-state index in [2.05, 4.69) is 15.0 Å². The minimum absolute atomic E-state index is 0.102. The van der Waals surface area contributed by atoms with Crippen molar-refractivity contribution in [3.63, 3.8) is 0 Å². The number of aromatic amines is 1. The Morgan fingerprint density at radius 1 is 0.923 bits per heavy atom. The van der Waals surface area contributed by atoms with Gasteiger partial charge in [-0.1, -0.05) is 48.5 Å². The van der Waals surface area contributed by atoms with E-state index in [0.29, 0.717) is 23.5 Å². The Morgan fingerprint density at radius 3 is 2.35 bits per heavy atom. The lowest BCUT2D eigenvalue weighted by Crippen LogP contribution is -2.02. The first-order valence-electron chi connectivity index (χ1n) is 7.95. The number of nitrogens with one attached hydrogen (secondary N) is 1. The van der Waals surface area contributed by atoms with Crippen molar-refractivity contribution < 1.29 is 13.2 Å². The number of fused-ring (bicyclic) bond motifs is 1. The molecule has 0 saturated heterocycles. The number of rotatable bonds is 5. The zero-order chi connectivity index (χ0) is 18.0. The number of H-pyrrole nitrogens is 1. The van der Waals surface area contributed by atoms with Crippen LogP contribution in [0.25, 0.3) is 11.0 Å². The summed E-state index contributed by atoms with van der Waals surface area (Å²) in [6.45, 7) is 0.326. The van der Waals surface area contributed by atoms with Crippen molar-refractivity contribution in [2.45, 2.75) is 16.4 Å². The molecule has 0 aliphatic carbocycles.